The second-order valence-electron chi connectivity index (χ2n) is 2.15. The Morgan fingerprint density at radius 2 is 2.18 bits per heavy atom. The quantitative estimate of drug-likeness (QED) is 0.529. The average Bonchev–Trinajstić information content (AvgIpc) is 1.78. The van der Waals surface area contributed by atoms with E-state index in [1.165, 1.54) is 19.2 Å². The molecule has 0 aromatic heterocycles. The van der Waals surface area contributed by atoms with E-state index in [1.807, 2.05) is 0 Å². The number of nitrogens with two attached hydrogens (primary N) is 2. The van der Waals surface area contributed by atoms with Crippen molar-refractivity contribution in [3.8, 4) is 0 Å². The molecule has 0 heterocycles. The van der Waals surface area contributed by atoms with Gasteiger partial charge in [0.05, 0.1) is 0 Å². The molecule has 0 aromatic rings. The second-order valence-corrected chi connectivity index (χ2v) is 3.82. The van der Waals surface area contributed by atoms with Gasteiger partial charge in [-0.05, 0) is 6.92 Å². The van der Waals surface area contributed by atoms with E-state index in [2.05, 4.69) is 5.09 Å². The van der Waals surface area contributed by atoms with E-state index in [0.29, 0.717) is 0 Å². The number of rotatable bonds is 4. The summed E-state index contributed by atoms with van der Waals surface area (Å²) in [6.45, 7) is 1.45. The molecule has 0 fully saturated rings. The lowest BCUT2D eigenvalue weighted by molar-refractivity contribution is -0.116. The van der Waals surface area contributed by atoms with Gasteiger partial charge >= 0.3 is 0 Å². The Bertz CT molecular complexity index is 208. The molecule has 0 aliphatic rings. The first-order valence-corrected chi connectivity index (χ1v) is 4.86. The number of carbonyl (C=O) groups excluding carboxylic acids is 1. The Kier molecular flexibility index (Phi) is 4.03. The van der Waals surface area contributed by atoms with E-state index in [4.69, 9.17) is 11.0 Å². The zero-order valence-electron chi connectivity index (χ0n) is 6.28. The molecule has 0 radical (unpaired) electrons. The van der Waals surface area contributed by atoms with Gasteiger partial charge in [0.25, 0.3) is 7.59 Å². The predicted molar refractivity (Wildman–Crippen MR) is 43.6 cm³/mol. The van der Waals surface area contributed by atoms with Gasteiger partial charge in [0, 0.05) is 12.6 Å². The van der Waals surface area contributed by atoms with Crippen molar-refractivity contribution in [3.63, 3.8) is 0 Å². The van der Waals surface area contributed by atoms with Gasteiger partial charge in [-0.3, -0.25) is 20.4 Å². The SMILES string of the molecule is CC(=O)CC=CNP(N)(N)=O. The molecule has 0 aromatic carbocycles. The highest BCUT2D eigenvalue weighted by Crippen LogP contribution is 2.16. The van der Waals surface area contributed by atoms with Crippen LogP contribution in [0.5, 0.6) is 0 Å². The number of allylic oxidation sites excluding steroid dienone is 1. The van der Waals surface area contributed by atoms with Crippen LogP contribution in [0.25, 0.3) is 0 Å². The highest BCUT2D eigenvalue weighted by Gasteiger charge is 2.00. The minimum atomic E-state index is -3.17. The third-order valence-corrected chi connectivity index (χ3v) is 1.35. The van der Waals surface area contributed by atoms with Crippen LogP contribution in [-0.2, 0) is 9.36 Å². The number of nitrogens with one attached hydrogen (secondary N) is 1. The summed E-state index contributed by atoms with van der Waals surface area (Å²) >= 11 is 0. The lowest BCUT2D eigenvalue weighted by atomic mass is 10.3. The summed E-state index contributed by atoms with van der Waals surface area (Å²) < 4.78 is 10.6. The smallest absolute Gasteiger partial charge is 0.297 e. The first-order chi connectivity index (χ1) is 4.92. The zero-order valence-corrected chi connectivity index (χ0v) is 7.17. The molecule has 0 atom stereocenters. The third-order valence-electron chi connectivity index (χ3n) is 0.799. The Hall–Kier alpha value is -0.640. The summed E-state index contributed by atoms with van der Waals surface area (Å²) in [4.78, 5) is 10.4. The average molecular weight is 177 g/mol. The highest BCUT2D eigenvalue weighted by atomic mass is 31.2. The summed E-state index contributed by atoms with van der Waals surface area (Å²) in [7, 11) is -3.17. The molecule has 5 nitrogen and oxygen atoms in total. The van der Waals surface area contributed by atoms with Crippen LogP contribution in [0.2, 0.25) is 0 Å². The predicted octanol–water partition coefficient (Wildman–Crippen LogP) is 0.0943. The lowest BCUT2D eigenvalue weighted by Gasteiger charge is -2.03. The Labute approximate surface area is 65.4 Å². The Morgan fingerprint density at radius 3 is 2.55 bits per heavy atom. The van der Waals surface area contributed by atoms with Crippen molar-refractivity contribution in [1.29, 1.82) is 0 Å². The van der Waals surface area contributed by atoms with Crippen molar-refractivity contribution in [2.45, 2.75) is 13.3 Å². The fourth-order valence-electron chi connectivity index (χ4n) is 0.394. The summed E-state index contributed by atoms with van der Waals surface area (Å²) in [5.41, 5.74) is 9.88. The standard InChI is InChI=1S/C5H12N3O2P/c1-5(9)3-2-4-8-11(6,7)10/h2,4H,3H2,1H3,(H5,6,7,8,10). The number of carbonyl (C=O) groups is 1. The van der Waals surface area contributed by atoms with Crippen LogP contribution in [0.4, 0.5) is 0 Å². The maximum Gasteiger partial charge on any atom is 0.297 e. The highest BCUT2D eigenvalue weighted by molar-refractivity contribution is 7.57. The first kappa shape index (κ1) is 10.4. The molecular weight excluding hydrogens is 165 g/mol. The van der Waals surface area contributed by atoms with Crippen LogP contribution < -0.4 is 16.1 Å². The van der Waals surface area contributed by atoms with E-state index in [9.17, 15) is 9.36 Å². The molecule has 0 aliphatic heterocycles. The second kappa shape index (κ2) is 4.28. The molecule has 11 heavy (non-hydrogen) atoms. The first-order valence-electron chi connectivity index (χ1n) is 3.01. The van der Waals surface area contributed by atoms with Crippen LogP contribution in [0.15, 0.2) is 12.3 Å². The van der Waals surface area contributed by atoms with Crippen molar-refractivity contribution in [2.24, 2.45) is 11.0 Å². The fraction of sp³-hybridized carbons (Fsp3) is 0.400. The largest absolute Gasteiger partial charge is 0.320 e. The molecule has 0 amide bonds. The van der Waals surface area contributed by atoms with E-state index in [0.717, 1.165) is 0 Å². The number of hydrogen-bond donors (Lipinski definition) is 3. The molecule has 5 N–H and O–H groups in total. The fourth-order valence-corrected chi connectivity index (χ4v) is 0.732. The van der Waals surface area contributed by atoms with Gasteiger partial charge in [-0.25, -0.2) is 0 Å². The van der Waals surface area contributed by atoms with Crippen LogP contribution in [0.3, 0.4) is 0 Å². The summed E-state index contributed by atoms with van der Waals surface area (Å²) in [6.07, 6.45) is 3.11. The molecule has 6 heteroatoms. The van der Waals surface area contributed by atoms with Crippen LogP contribution in [0, 0.1) is 0 Å². The molecule has 0 rings (SSSR count). The van der Waals surface area contributed by atoms with Gasteiger partial charge < -0.3 is 5.09 Å². The topological polar surface area (TPSA) is 98.2 Å². The van der Waals surface area contributed by atoms with Crippen LogP contribution >= 0.6 is 7.59 Å². The number of ketones is 1. The number of Topliss-reactive ketones (excluding diaryl/α,β-unsaturated/α-hetero) is 1. The van der Waals surface area contributed by atoms with Crippen molar-refractivity contribution >= 4 is 13.4 Å². The molecule has 0 bridgehead atoms. The molecule has 0 unspecified atom stereocenters. The summed E-state index contributed by atoms with van der Waals surface area (Å²) in [5.74, 6) is 0.0203. The Balaban J connectivity index is 3.62. The minimum Gasteiger partial charge on any atom is -0.320 e. The molecule has 64 valence electrons. The molecule has 0 aliphatic carbocycles. The maximum absolute atomic E-state index is 10.6. The molecule has 0 saturated carbocycles. The van der Waals surface area contributed by atoms with E-state index < -0.39 is 7.59 Å². The van der Waals surface area contributed by atoms with Gasteiger partial charge in [0.15, 0.2) is 0 Å². The third kappa shape index (κ3) is 9.36. The van der Waals surface area contributed by atoms with Gasteiger partial charge in [-0.2, -0.15) is 0 Å². The van der Waals surface area contributed by atoms with Crippen molar-refractivity contribution in [2.75, 3.05) is 0 Å². The van der Waals surface area contributed by atoms with Gasteiger partial charge in [0.1, 0.15) is 5.78 Å². The van der Waals surface area contributed by atoms with Gasteiger partial charge in [0.2, 0.25) is 0 Å². The van der Waals surface area contributed by atoms with E-state index >= 15 is 0 Å². The normalized spacial score (nSPS) is 11.9. The molecular formula is C5H12N3O2P. The Morgan fingerprint density at radius 1 is 1.64 bits per heavy atom. The van der Waals surface area contributed by atoms with Crippen molar-refractivity contribution in [1.82, 2.24) is 5.09 Å². The van der Waals surface area contributed by atoms with Crippen molar-refractivity contribution < 1.29 is 9.36 Å². The van der Waals surface area contributed by atoms with Gasteiger partial charge in [-0.15, -0.1) is 0 Å². The molecule has 0 spiro atoms. The van der Waals surface area contributed by atoms with Crippen molar-refractivity contribution in [3.05, 3.63) is 12.3 Å². The maximum atomic E-state index is 10.6. The van der Waals surface area contributed by atoms with Gasteiger partial charge in [-0.1, -0.05) is 6.08 Å². The van der Waals surface area contributed by atoms with E-state index in [-0.39, 0.29) is 12.2 Å². The van der Waals surface area contributed by atoms with Crippen LogP contribution in [0.1, 0.15) is 13.3 Å². The minimum absolute atomic E-state index is 0.0203. The summed E-state index contributed by atoms with van der Waals surface area (Å²) in [5, 5.41) is 2.26. The zero-order chi connectivity index (χ0) is 8.91. The number of hydrogen-bond acceptors (Lipinski definition) is 2. The monoisotopic (exact) mass is 177 g/mol. The lowest BCUT2D eigenvalue weighted by Crippen LogP contribution is -2.16. The summed E-state index contributed by atoms with van der Waals surface area (Å²) in [6, 6.07) is 0. The van der Waals surface area contributed by atoms with E-state index in [1.54, 1.807) is 0 Å². The van der Waals surface area contributed by atoms with Crippen LogP contribution in [-0.4, -0.2) is 5.78 Å². The molecule has 0 saturated heterocycles.